The van der Waals surface area contributed by atoms with Crippen LogP contribution in [0.15, 0.2) is 70.5 Å². The summed E-state index contributed by atoms with van der Waals surface area (Å²) in [5.74, 6) is -7.55. The molecule has 0 heterocycles. The van der Waals surface area contributed by atoms with Crippen molar-refractivity contribution in [2.75, 3.05) is 0 Å². The first-order chi connectivity index (χ1) is 12.8. The molecule has 1 unspecified atom stereocenters. The highest BCUT2D eigenvalue weighted by molar-refractivity contribution is 9.10. The van der Waals surface area contributed by atoms with Crippen LogP contribution in [0, 0.1) is 5.92 Å². The molecule has 2 aromatic carbocycles. The van der Waals surface area contributed by atoms with Crippen LogP contribution in [-0.2, 0) is 19.7 Å². The minimum atomic E-state index is -4.95. The van der Waals surface area contributed by atoms with E-state index in [1.807, 2.05) is 0 Å². The van der Waals surface area contributed by atoms with E-state index in [2.05, 4.69) is 0 Å². The summed E-state index contributed by atoms with van der Waals surface area (Å²) in [6.07, 6.45) is -1.16. The van der Waals surface area contributed by atoms with Crippen LogP contribution in [0.3, 0.4) is 0 Å². The highest BCUT2D eigenvalue weighted by Gasteiger charge is 2.83. The lowest BCUT2D eigenvalue weighted by atomic mass is 10.2. The Morgan fingerprint density at radius 2 is 1.14 bits per heavy atom. The molecule has 0 bridgehead atoms. The summed E-state index contributed by atoms with van der Waals surface area (Å²) >= 11 is 1.57. The molecule has 1 fully saturated rings. The molecular weight excluding hydrogens is 488 g/mol. The second kappa shape index (κ2) is 6.53. The molecule has 1 aliphatic carbocycles. The van der Waals surface area contributed by atoms with E-state index in [-0.39, 0.29) is 0 Å². The Bertz CT molecular complexity index is 1010. The third-order valence-electron chi connectivity index (χ3n) is 4.69. The number of alkyl halides is 5. The third kappa shape index (κ3) is 2.89. The average Bonchev–Trinajstić information content (AvgIpc) is 3.41. The van der Waals surface area contributed by atoms with E-state index in [1.165, 1.54) is 36.4 Å². The molecule has 0 spiro atoms. The lowest BCUT2D eigenvalue weighted by Crippen LogP contribution is -2.45. The van der Waals surface area contributed by atoms with E-state index in [0.29, 0.717) is 0 Å². The Morgan fingerprint density at radius 1 is 0.786 bits per heavy atom. The molecule has 0 amide bonds. The molecule has 1 atom stereocenters. The molecule has 0 radical (unpaired) electrons. The molecule has 0 saturated heterocycles. The van der Waals surface area contributed by atoms with Gasteiger partial charge in [-0.05, 0) is 46.6 Å². The van der Waals surface area contributed by atoms with Crippen LogP contribution in [0.1, 0.15) is 6.42 Å². The van der Waals surface area contributed by atoms with Crippen LogP contribution in [-0.4, -0.2) is 31.7 Å². The summed E-state index contributed by atoms with van der Waals surface area (Å²) in [6, 6.07) is 12.2. The van der Waals surface area contributed by atoms with Gasteiger partial charge in [0.1, 0.15) is 0 Å². The van der Waals surface area contributed by atoms with Gasteiger partial charge in [0.2, 0.25) is 0 Å². The van der Waals surface area contributed by atoms with Crippen LogP contribution < -0.4 is 0 Å². The van der Waals surface area contributed by atoms with Crippen molar-refractivity contribution in [1.29, 1.82) is 0 Å². The molecule has 152 valence electrons. The molecule has 4 nitrogen and oxygen atoms in total. The van der Waals surface area contributed by atoms with Crippen LogP contribution in [0.5, 0.6) is 0 Å². The van der Waals surface area contributed by atoms with Crippen molar-refractivity contribution < 1.29 is 34.4 Å². The molecule has 0 aliphatic heterocycles. The fraction of sp³-hybridized carbons (Fsp3) is 0.294. The smallest absolute Gasteiger partial charge is 0.222 e. The maximum absolute atomic E-state index is 14.4. The third-order valence-corrected chi connectivity index (χ3v) is 11.0. The zero-order valence-corrected chi connectivity index (χ0v) is 17.1. The van der Waals surface area contributed by atoms with Gasteiger partial charge in [-0.25, -0.2) is 16.8 Å². The number of hydrogen-bond donors (Lipinski definition) is 0. The van der Waals surface area contributed by atoms with E-state index in [4.69, 9.17) is 0 Å². The van der Waals surface area contributed by atoms with Crippen molar-refractivity contribution in [1.82, 2.24) is 0 Å². The molecule has 0 N–H and O–H groups in total. The number of hydrogen-bond acceptors (Lipinski definition) is 4. The minimum Gasteiger partial charge on any atom is -0.222 e. The van der Waals surface area contributed by atoms with Gasteiger partial charge in [-0.15, -0.1) is 0 Å². The standard InChI is InChI=1S/C17H13BrF4O4S2/c18-17(21,22)16(19,20)14-11-15(14,27(23,24)12-7-3-1-4-8-12)28(25,26)13-9-5-2-6-10-13/h1-10,14H,11H2. The van der Waals surface area contributed by atoms with Gasteiger partial charge >= 0.3 is 10.8 Å². The van der Waals surface area contributed by atoms with Crippen molar-refractivity contribution in [3.8, 4) is 0 Å². The topological polar surface area (TPSA) is 68.3 Å². The number of sulfone groups is 2. The summed E-state index contributed by atoms with van der Waals surface area (Å²) in [5, 5.41) is 0. The summed E-state index contributed by atoms with van der Waals surface area (Å²) in [4.78, 5) is -5.86. The highest BCUT2D eigenvalue weighted by Crippen LogP contribution is 2.67. The first-order valence-corrected chi connectivity index (χ1v) is 11.6. The Hall–Kier alpha value is -1.46. The SMILES string of the molecule is O=S(=O)(c1ccccc1)C1(S(=O)(=O)c2ccccc2)CC1C(F)(F)C(F)(F)Br. The first kappa shape index (κ1) is 21.3. The first-order valence-electron chi connectivity index (χ1n) is 7.84. The summed E-state index contributed by atoms with van der Waals surface area (Å²) in [7, 11) is -9.90. The summed E-state index contributed by atoms with van der Waals surface area (Å²) < 4.78 is 105. The Kier molecular flexibility index (Phi) is 4.96. The van der Waals surface area contributed by atoms with Gasteiger partial charge in [0.05, 0.1) is 15.7 Å². The number of halogens is 5. The van der Waals surface area contributed by atoms with Gasteiger partial charge < -0.3 is 0 Å². The molecule has 1 aliphatic rings. The maximum atomic E-state index is 14.4. The van der Waals surface area contributed by atoms with Crippen molar-refractivity contribution in [3.05, 3.63) is 60.7 Å². The quantitative estimate of drug-likeness (QED) is 0.438. The molecule has 11 heteroatoms. The predicted octanol–water partition coefficient (Wildman–Crippen LogP) is 4.27. The Morgan fingerprint density at radius 3 is 1.46 bits per heavy atom. The molecule has 2 aromatic rings. The molecule has 28 heavy (non-hydrogen) atoms. The largest absolute Gasteiger partial charge is 0.363 e. The number of rotatable bonds is 6. The number of benzene rings is 2. The average molecular weight is 501 g/mol. The van der Waals surface area contributed by atoms with Crippen molar-refractivity contribution in [3.63, 3.8) is 0 Å². The minimum absolute atomic E-state index is 0.536. The predicted molar refractivity (Wildman–Crippen MR) is 96.9 cm³/mol. The highest BCUT2D eigenvalue weighted by atomic mass is 79.9. The van der Waals surface area contributed by atoms with E-state index < -0.39 is 56.6 Å². The lowest BCUT2D eigenvalue weighted by molar-refractivity contribution is -0.161. The maximum Gasteiger partial charge on any atom is 0.363 e. The van der Waals surface area contributed by atoms with Crippen LogP contribution in [0.2, 0.25) is 0 Å². The van der Waals surface area contributed by atoms with Crippen LogP contribution in [0.25, 0.3) is 0 Å². The van der Waals surface area contributed by atoms with Gasteiger partial charge in [-0.2, -0.15) is 17.6 Å². The monoisotopic (exact) mass is 500 g/mol. The van der Waals surface area contributed by atoms with Crippen LogP contribution in [0.4, 0.5) is 17.6 Å². The summed E-state index contributed by atoms with van der Waals surface area (Å²) in [6.45, 7) is 0. The normalized spacial score (nSPS) is 20.0. The van der Waals surface area contributed by atoms with Gasteiger partial charge in [0.15, 0.2) is 23.8 Å². The second-order valence-corrected chi connectivity index (χ2v) is 12.0. The molecule has 0 aromatic heterocycles. The van der Waals surface area contributed by atoms with Crippen molar-refractivity contribution in [2.24, 2.45) is 5.92 Å². The van der Waals surface area contributed by atoms with Crippen molar-refractivity contribution in [2.45, 2.75) is 31.0 Å². The van der Waals surface area contributed by atoms with E-state index in [0.717, 1.165) is 24.3 Å². The van der Waals surface area contributed by atoms with Crippen LogP contribution >= 0.6 is 15.9 Å². The van der Waals surface area contributed by atoms with E-state index in [9.17, 15) is 34.4 Å². The van der Waals surface area contributed by atoms with Crippen molar-refractivity contribution >= 4 is 35.6 Å². The second-order valence-electron chi connectivity index (χ2n) is 6.32. The van der Waals surface area contributed by atoms with Gasteiger partial charge in [-0.3, -0.25) is 0 Å². The lowest BCUT2D eigenvalue weighted by Gasteiger charge is -2.26. The van der Waals surface area contributed by atoms with E-state index in [1.54, 1.807) is 15.9 Å². The van der Waals surface area contributed by atoms with E-state index >= 15 is 0 Å². The molecular formula is C17H13BrF4O4S2. The Labute approximate surface area is 167 Å². The molecule has 1 saturated carbocycles. The fourth-order valence-electron chi connectivity index (χ4n) is 3.16. The van der Waals surface area contributed by atoms with Gasteiger partial charge in [0.25, 0.3) is 0 Å². The molecule has 3 rings (SSSR count). The Balaban J connectivity index is 2.27. The zero-order chi connectivity index (χ0) is 21.0. The van der Waals surface area contributed by atoms with Gasteiger partial charge in [-0.1, -0.05) is 36.4 Å². The zero-order valence-electron chi connectivity index (χ0n) is 13.9. The fourth-order valence-corrected chi connectivity index (χ4v) is 8.82. The summed E-state index contributed by atoms with van der Waals surface area (Å²) in [5.41, 5.74) is 0. The van der Waals surface area contributed by atoms with Gasteiger partial charge in [0, 0.05) is 0 Å².